The molecular weight excluding hydrogens is 360 g/mol. The normalized spacial score (nSPS) is 10.0. The summed E-state index contributed by atoms with van der Waals surface area (Å²) in [5, 5.41) is 18.2. The lowest BCUT2D eigenvalue weighted by molar-refractivity contribution is 0.0555. The lowest BCUT2D eigenvalue weighted by Crippen LogP contribution is -2.12. The number of rotatable bonds is 6. The first-order valence-corrected chi connectivity index (χ1v) is 7.37. The number of hydrogen-bond acceptors (Lipinski definition) is 7. The molecule has 2 aromatic rings. The maximum atomic E-state index is 11.9. The predicted molar refractivity (Wildman–Crippen MR) is 89.6 cm³/mol. The van der Waals surface area contributed by atoms with Crippen molar-refractivity contribution in [3.63, 3.8) is 0 Å². The number of aromatic carboxylic acids is 2. The fourth-order valence-electron chi connectivity index (χ4n) is 2.24. The van der Waals surface area contributed by atoms with Crippen molar-refractivity contribution in [2.45, 2.75) is 0 Å². The number of benzene rings is 2. The lowest BCUT2D eigenvalue weighted by Gasteiger charge is -2.11. The second-order valence-electron chi connectivity index (χ2n) is 5.11. The van der Waals surface area contributed by atoms with Gasteiger partial charge in [0, 0.05) is 0 Å². The van der Waals surface area contributed by atoms with Crippen LogP contribution in [0.5, 0.6) is 11.5 Å². The van der Waals surface area contributed by atoms with E-state index in [2.05, 4.69) is 9.47 Å². The van der Waals surface area contributed by atoms with Gasteiger partial charge in [-0.2, -0.15) is 0 Å². The molecule has 2 rings (SSSR count). The fraction of sp³-hybridized carbons (Fsp3) is 0.111. The summed E-state index contributed by atoms with van der Waals surface area (Å²) in [7, 11) is 2.30. The third-order valence-corrected chi connectivity index (χ3v) is 3.49. The van der Waals surface area contributed by atoms with Crippen LogP contribution in [0.3, 0.4) is 0 Å². The quantitative estimate of drug-likeness (QED) is 0.730. The molecule has 0 aromatic heterocycles. The second-order valence-corrected chi connectivity index (χ2v) is 5.11. The van der Waals surface area contributed by atoms with Gasteiger partial charge >= 0.3 is 23.9 Å². The van der Waals surface area contributed by atoms with E-state index in [1.54, 1.807) is 0 Å². The molecule has 0 aliphatic heterocycles. The van der Waals surface area contributed by atoms with Gasteiger partial charge in [0.1, 0.15) is 11.5 Å². The Hall–Kier alpha value is -3.88. The average molecular weight is 374 g/mol. The molecule has 0 saturated heterocycles. The summed E-state index contributed by atoms with van der Waals surface area (Å²) in [5.41, 5.74) is -1.00. The highest BCUT2D eigenvalue weighted by Crippen LogP contribution is 2.27. The molecule has 0 aliphatic rings. The smallest absolute Gasteiger partial charge is 0.338 e. The summed E-state index contributed by atoms with van der Waals surface area (Å²) in [4.78, 5) is 46.0. The average Bonchev–Trinajstić information content (AvgIpc) is 2.66. The Morgan fingerprint density at radius 3 is 1.59 bits per heavy atom. The van der Waals surface area contributed by atoms with Crippen LogP contribution in [-0.4, -0.2) is 48.3 Å². The van der Waals surface area contributed by atoms with E-state index in [0.29, 0.717) is 0 Å². The molecule has 0 radical (unpaired) electrons. The van der Waals surface area contributed by atoms with Crippen molar-refractivity contribution in [3.8, 4) is 11.5 Å². The van der Waals surface area contributed by atoms with Crippen LogP contribution in [0.4, 0.5) is 0 Å². The highest BCUT2D eigenvalue weighted by molar-refractivity contribution is 6.03. The predicted octanol–water partition coefficient (Wildman–Crippen LogP) is 2.45. The number of carbonyl (C=O) groups excluding carboxylic acids is 2. The van der Waals surface area contributed by atoms with Gasteiger partial charge in [0.2, 0.25) is 0 Å². The number of methoxy groups -OCH3 is 2. The van der Waals surface area contributed by atoms with E-state index in [9.17, 15) is 19.2 Å². The van der Waals surface area contributed by atoms with Crippen LogP contribution in [-0.2, 0) is 9.47 Å². The Labute approximate surface area is 152 Å². The second kappa shape index (κ2) is 8.00. The minimum Gasteiger partial charge on any atom is -0.478 e. The number of hydrogen-bond donors (Lipinski definition) is 2. The monoisotopic (exact) mass is 374 g/mol. The third kappa shape index (κ3) is 4.21. The summed E-state index contributed by atoms with van der Waals surface area (Å²) in [6, 6.07) is 7.27. The molecule has 0 unspecified atom stereocenters. The van der Waals surface area contributed by atoms with E-state index in [1.807, 2.05) is 0 Å². The molecule has 2 N–H and O–H groups in total. The Balaban J connectivity index is 2.44. The van der Waals surface area contributed by atoms with Gasteiger partial charge in [0.25, 0.3) is 0 Å². The molecule has 0 amide bonds. The summed E-state index contributed by atoms with van der Waals surface area (Å²) in [6.07, 6.45) is 0. The summed E-state index contributed by atoms with van der Waals surface area (Å²) in [5.74, 6) is -4.25. The van der Waals surface area contributed by atoms with Crippen LogP contribution in [0, 0.1) is 0 Å². The number of carbonyl (C=O) groups is 4. The van der Waals surface area contributed by atoms with Crippen LogP contribution >= 0.6 is 0 Å². The SMILES string of the molecule is COC(=O)c1ccc(Oc2ccc(C(=O)O)c(C(=O)O)c2)cc1C(=O)OC. The fourth-order valence-corrected chi connectivity index (χ4v) is 2.24. The molecule has 2 aromatic carbocycles. The van der Waals surface area contributed by atoms with Gasteiger partial charge in [-0.05, 0) is 36.4 Å². The van der Waals surface area contributed by atoms with Crippen molar-refractivity contribution in [1.82, 2.24) is 0 Å². The number of carboxylic acid groups (broad SMARTS) is 2. The highest BCUT2D eigenvalue weighted by Gasteiger charge is 2.20. The van der Waals surface area contributed by atoms with Crippen LogP contribution in [0.1, 0.15) is 41.4 Å². The van der Waals surface area contributed by atoms with Crippen LogP contribution in [0.2, 0.25) is 0 Å². The van der Waals surface area contributed by atoms with Crippen molar-refractivity contribution >= 4 is 23.9 Å². The molecule has 0 aliphatic carbocycles. The van der Waals surface area contributed by atoms with E-state index in [0.717, 1.165) is 26.4 Å². The largest absolute Gasteiger partial charge is 0.478 e. The van der Waals surface area contributed by atoms with Gasteiger partial charge in [-0.25, -0.2) is 19.2 Å². The molecule has 27 heavy (non-hydrogen) atoms. The van der Waals surface area contributed by atoms with Crippen molar-refractivity contribution in [2.24, 2.45) is 0 Å². The Bertz CT molecular complexity index is 930. The van der Waals surface area contributed by atoms with Crippen molar-refractivity contribution in [2.75, 3.05) is 14.2 Å². The molecule has 0 spiro atoms. The van der Waals surface area contributed by atoms with Crippen molar-refractivity contribution < 1.29 is 43.6 Å². The topological polar surface area (TPSA) is 136 Å². The lowest BCUT2D eigenvalue weighted by atomic mass is 10.1. The first-order valence-electron chi connectivity index (χ1n) is 7.37. The minimum absolute atomic E-state index is 0.0269. The molecular formula is C18H14O9. The van der Waals surface area contributed by atoms with E-state index in [-0.39, 0.29) is 22.6 Å². The number of carboxylic acids is 2. The van der Waals surface area contributed by atoms with E-state index < -0.39 is 35.0 Å². The van der Waals surface area contributed by atoms with E-state index >= 15 is 0 Å². The zero-order chi connectivity index (χ0) is 20.1. The highest BCUT2D eigenvalue weighted by atomic mass is 16.5. The van der Waals surface area contributed by atoms with Crippen molar-refractivity contribution in [3.05, 3.63) is 58.7 Å². The van der Waals surface area contributed by atoms with Gasteiger partial charge in [0.05, 0.1) is 36.5 Å². The molecule has 9 nitrogen and oxygen atoms in total. The first-order chi connectivity index (χ1) is 12.8. The van der Waals surface area contributed by atoms with E-state index in [1.165, 1.54) is 24.3 Å². The van der Waals surface area contributed by atoms with Gasteiger partial charge in [-0.1, -0.05) is 0 Å². The summed E-state index contributed by atoms with van der Waals surface area (Å²) in [6.45, 7) is 0. The summed E-state index contributed by atoms with van der Waals surface area (Å²) < 4.78 is 14.7. The number of ether oxygens (including phenoxy) is 3. The Kier molecular flexibility index (Phi) is 5.76. The van der Waals surface area contributed by atoms with Gasteiger partial charge in [0.15, 0.2) is 0 Å². The molecule has 0 bridgehead atoms. The Morgan fingerprint density at radius 1 is 0.667 bits per heavy atom. The standard InChI is InChI=1S/C18H14O9/c1-25-17(23)12-6-4-10(8-14(12)18(24)26-2)27-9-3-5-11(15(19)20)13(7-9)16(21)22/h3-8H,1-2H3,(H,19,20)(H,21,22). The molecule has 0 heterocycles. The van der Waals surface area contributed by atoms with Crippen molar-refractivity contribution in [1.29, 1.82) is 0 Å². The zero-order valence-electron chi connectivity index (χ0n) is 14.2. The maximum Gasteiger partial charge on any atom is 0.338 e. The van der Waals surface area contributed by atoms with Crippen LogP contribution < -0.4 is 4.74 Å². The van der Waals surface area contributed by atoms with E-state index in [4.69, 9.17) is 14.9 Å². The van der Waals surface area contributed by atoms with Crippen LogP contribution in [0.25, 0.3) is 0 Å². The third-order valence-electron chi connectivity index (χ3n) is 3.49. The molecule has 9 heteroatoms. The molecule has 0 saturated carbocycles. The van der Waals surface area contributed by atoms with Gasteiger partial charge in [-0.3, -0.25) is 0 Å². The number of esters is 2. The Morgan fingerprint density at radius 2 is 1.11 bits per heavy atom. The molecule has 0 atom stereocenters. The first kappa shape index (κ1) is 19.4. The molecule has 140 valence electrons. The van der Waals surface area contributed by atoms with Crippen LogP contribution in [0.15, 0.2) is 36.4 Å². The minimum atomic E-state index is -1.44. The van der Waals surface area contributed by atoms with Gasteiger partial charge in [-0.15, -0.1) is 0 Å². The molecule has 0 fully saturated rings. The van der Waals surface area contributed by atoms with Gasteiger partial charge < -0.3 is 24.4 Å². The summed E-state index contributed by atoms with van der Waals surface area (Å²) >= 11 is 0. The maximum absolute atomic E-state index is 11.9. The zero-order valence-corrected chi connectivity index (χ0v) is 14.2.